The van der Waals surface area contributed by atoms with E-state index in [0.29, 0.717) is 12.0 Å². The second-order valence-electron chi connectivity index (χ2n) is 11.6. The van der Waals surface area contributed by atoms with Gasteiger partial charge in [-0.05, 0) is 56.0 Å². The van der Waals surface area contributed by atoms with Crippen molar-refractivity contribution in [3.05, 3.63) is 70.8 Å². The van der Waals surface area contributed by atoms with E-state index >= 15 is 0 Å². The van der Waals surface area contributed by atoms with Gasteiger partial charge >= 0.3 is 18.2 Å². The van der Waals surface area contributed by atoms with Gasteiger partial charge in [0.25, 0.3) is 0 Å². The number of nitrogens with one attached hydrogen (secondary N) is 1. The molecule has 238 valence electrons. The summed E-state index contributed by atoms with van der Waals surface area (Å²) in [7, 11) is 0. The lowest BCUT2D eigenvalue weighted by Crippen LogP contribution is -2.45. The van der Waals surface area contributed by atoms with Gasteiger partial charge in [-0.1, -0.05) is 94.7 Å². The first-order chi connectivity index (χ1) is 20.4. The summed E-state index contributed by atoms with van der Waals surface area (Å²) in [6.45, 7) is 7.95. The summed E-state index contributed by atoms with van der Waals surface area (Å²) in [5.74, 6) is -0.345. The summed E-state index contributed by atoms with van der Waals surface area (Å²) in [5.41, 5.74) is 3.07. The lowest BCUT2D eigenvalue weighted by atomic mass is 10.0. The van der Waals surface area contributed by atoms with E-state index in [1.54, 1.807) is 4.90 Å². The second-order valence-corrected chi connectivity index (χ2v) is 11.6. The molecule has 0 bridgehead atoms. The first kappa shape index (κ1) is 35.6. The normalized spacial score (nSPS) is 11.9. The van der Waals surface area contributed by atoms with Gasteiger partial charge in [0.2, 0.25) is 0 Å². The fraction of sp³-hybridized carbons (Fsp3) is 0.545. The van der Waals surface area contributed by atoms with Crippen LogP contribution in [-0.2, 0) is 33.7 Å². The average Bonchev–Trinajstić information content (AvgIpc) is 2.96. The lowest BCUT2D eigenvalue weighted by Gasteiger charge is -2.35. The molecule has 1 amide bonds. The third-order valence-corrected chi connectivity index (χ3v) is 6.90. The summed E-state index contributed by atoms with van der Waals surface area (Å²) in [4.78, 5) is 31.3. The molecular formula is C33H46F3N3O4. The number of benzene rings is 2. The quantitative estimate of drug-likeness (QED) is 0.111. The molecule has 2 rings (SSSR count). The molecule has 0 saturated carbocycles. The predicted octanol–water partition coefficient (Wildman–Crippen LogP) is 8.95. The Labute approximate surface area is 253 Å². The first-order valence-electron chi connectivity index (χ1n) is 15.1. The van der Waals surface area contributed by atoms with Gasteiger partial charge < -0.3 is 9.57 Å². The van der Waals surface area contributed by atoms with Crippen molar-refractivity contribution in [1.82, 2.24) is 10.5 Å². The van der Waals surface area contributed by atoms with Crippen LogP contribution in [0.2, 0.25) is 0 Å². The topological polar surface area (TPSA) is 80.2 Å². The molecule has 0 aliphatic heterocycles. The van der Waals surface area contributed by atoms with Crippen LogP contribution in [-0.4, -0.2) is 28.7 Å². The summed E-state index contributed by atoms with van der Waals surface area (Å²) in [6.07, 6.45) is 7.47. The average molecular weight is 606 g/mol. The standard InChI is InChI=1S/C33H46F3N3O4/c1-5-6-7-8-9-10-11-12-13-14-30(40)43-38-37-23-26-15-17-27(18-16-26)24-39(32(2,3)4)31(41)42-25-28-19-21-29(22-20-28)33(34,35)36/h15-23,38H,5-14,24-25H2,1-4H3/b37-23+. The van der Waals surface area contributed by atoms with Crippen LogP contribution in [0.1, 0.15) is 114 Å². The number of hydrazone groups is 1. The molecule has 0 atom stereocenters. The van der Waals surface area contributed by atoms with Crippen molar-refractivity contribution in [2.75, 3.05) is 0 Å². The Hall–Kier alpha value is -3.56. The van der Waals surface area contributed by atoms with Crippen LogP contribution in [0.5, 0.6) is 0 Å². The molecule has 0 unspecified atom stereocenters. The molecule has 0 aliphatic rings. The number of unbranched alkanes of at least 4 members (excludes halogenated alkanes) is 8. The molecule has 10 heteroatoms. The Bertz CT molecular complexity index is 1130. The highest BCUT2D eigenvalue weighted by Crippen LogP contribution is 2.29. The van der Waals surface area contributed by atoms with Gasteiger partial charge in [0.15, 0.2) is 0 Å². The highest BCUT2D eigenvalue weighted by molar-refractivity contribution is 5.79. The van der Waals surface area contributed by atoms with Crippen LogP contribution in [0, 0.1) is 0 Å². The van der Waals surface area contributed by atoms with Crippen LogP contribution in [0.3, 0.4) is 0 Å². The Balaban J connectivity index is 1.74. The van der Waals surface area contributed by atoms with Crippen LogP contribution in [0.15, 0.2) is 53.6 Å². The van der Waals surface area contributed by atoms with Crippen molar-refractivity contribution in [3.8, 4) is 0 Å². The van der Waals surface area contributed by atoms with E-state index < -0.39 is 23.4 Å². The maximum absolute atomic E-state index is 12.9. The van der Waals surface area contributed by atoms with Crippen molar-refractivity contribution >= 4 is 18.3 Å². The Morgan fingerprint density at radius 2 is 1.40 bits per heavy atom. The minimum Gasteiger partial charge on any atom is -0.445 e. The van der Waals surface area contributed by atoms with Gasteiger partial charge in [-0.2, -0.15) is 18.3 Å². The fourth-order valence-corrected chi connectivity index (χ4v) is 4.29. The highest BCUT2D eigenvalue weighted by Gasteiger charge is 2.30. The van der Waals surface area contributed by atoms with Gasteiger partial charge in [0.1, 0.15) is 6.61 Å². The molecule has 0 heterocycles. The third-order valence-electron chi connectivity index (χ3n) is 6.90. The summed E-state index contributed by atoms with van der Waals surface area (Å²) >= 11 is 0. The number of alkyl halides is 3. The Morgan fingerprint density at radius 1 is 0.837 bits per heavy atom. The van der Waals surface area contributed by atoms with E-state index in [0.717, 1.165) is 42.5 Å². The molecule has 0 fully saturated rings. The number of rotatable bonds is 17. The van der Waals surface area contributed by atoms with Crippen molar-refractivity contribution in [1.29, 1.82) is 0 Å². The Morgan fingerprint density at radius 3 is 1.95 bits per heavy atom. The summed E-state index contributed by atoms with van der Waals surface area (Å²) in [6, 6.07) is 11.9. The van der Waals surface area contributed by atoms with E-state index in [2.05, 4.69) is 17.6 Å². The van der Waals surface area contributed by atoms with E-state index in [-0.39, 0.29) is 19.1 Å². The SMILES string of the molecule is CCCCCCCCCCCC(=O)ON/N=C/c1ccc(CN(C(=O)OCc2ccc(C(F)(F)F)cc2)C(C)(C)C)cc1. The van der Waals surface area contributed by atoms with E-state index in [9.17, 15) is 22.8 Å². The molecule has 1 N–H and O–H groups in total. The largest absolute Gasteiger partial charge is 0.445 e. The van der Waals surface area contributed by atoms with Crippen LogP contribution >= 0.6 is 0 Å². The molecule has 7 nitrogen and oxygen atoms in total. The van der Waals surface area contributed by atoms with Crippen LogP contribution in [0.4, 0.5) is 18.0 Å². The summed E-state index contributed by atoms with van der Waals surface area (Å²) < 4.78 is 43.8. The van der Waals surface area contributed by atoms with Gasteiger partial charge in [-0.3, -0.25) is 4.90 Å². The first-order valence-corrected chi connectivity index (χ1v) is 15.1. The van der Waals surface area contributed by atoms with Gasteiger partial charge in [0.05, 0.1) is 11.8 Å². The molecule has 0 radical (unpaired) electrons. The minimum absolute atomic E-state index is 0.143. The predicted molar refractivity (Wildman–Crippen MR) is 162 cm³/mol. The number of nitrogens with zero attached hydrogens (tertiary/aromatic N) is 2. The maximum Gasteiger partial charge on any atom is 0.416 e. The van der Waals surface area contributed by atoms with E-state index in [4.69, 9.17) is 9.57 Å². The maximum atomic E-state index is 12.9. The van der Waals surface area contributed by atoms with Gasteiger partial charge in [0, 0.05) is 18.5 Å². The molecule has 0 saturated heterocycles. The number of halogens is 3. The number of amides is 1. The number of hydrogen-bond donors (Lipinski definition) is 1. The molecule has 0 aliphatic carbocycles. The minimum atomic E-state index is -4.42. The zero-order chi connectivity index (χ0) is 31.7. The van der Waals surface area contributed by atoms with Gasteiger partial charge in [-0.25, -0.2) is 9.59 Å². The fourth-order valence-electron chi connectivity index (χ4n) is 4.29. The lowest BCUT2D eigenvalue weighted by molar-refractivity contribution is -0.151. The Kier molecular flexibility index (Phi) is 15.1. The third kappa shape index (κ3) is 14.4. The van der Waals surface area contributed by atoms with E-state index in [1.165, 1.54) is 56.9 Å². The van der Waals surface area contributed by atoms with Crippen LogP contribution < -0.4 is 5.59 Å². The number of carbonyl (C=O) groups excluding carboxylic acids is 2. The molecule has 0 spiro atoms. The number of hydrogen-bond acceptors (Lipinski definition) is 6. The van der Waals surface area contributed by atoms with Crippen molar-refractivity contribution < 1.29 is 32.3 Å². The van der Waals surface area contributed by atoms with E-state index in [1.807, 2.05) is 45.0 Å². The molecular weight excluding hydrogens is 559 g/mol. The monoisotopic (exact) mass is 605 g/mol. The van der Waals surface area contributed by atoms with Crippen molar-refractivity contribution in [2.24, 2.45) is 5.10 Å². The number of ether oxygens (including phenoxy) is 1. The second kappa shape index (κ2) is 18.2. The smallest absolute Gasteiger partial charge is 0.416 e. The van der Waals surface area contributed by atoms with Crippen molar-refractivity contribution in [3.63, 3.8) is 0 Å². The zero-order valence-electron chi connectivity index (χ0n) is 25.8. The molecule has 0 aromatic heterocycles. The molecule has 2 aromatic rings. The van der Waals surface area contributed by atoms with Crippen LogP contribution in [0.25, 0.3) is 0 Å². The van der Waals surface area contributed by atoms with Gasteiger partial charge in [-0.15, -0.1) is 5.59 Å². The molecule has 2 aromatic carbocycles. The van der Waals surface area contributed by atoms with Crippen molar-refractivity contribution in [2.45, 2.75) is 117 Å². The highest BCUT2D eigenvalue weighted by atomic mass is 19.4. The zero-order valence-corrected chi connectivity index (χ0v) is 25.8. The molecule has 43 heavy (non-hydrogen) atoms. The number of carbonyl (C=O) groups is 2. The summed E-state index contributed by atoms with van der Waals surface area (Å²) in [5, 5.41) is 3.94.